The monoisotopic (exact) mass is 354 g/mol. The van der Waals surface area contributed by atoms with Crippen LogP contribution in [0.5, 0.6) is 0 Å². The summed E-state index contributed by atoms with van der Waals surface area (Å²) in [7, 11) is 2.23. The summed E-state index contributed by atoms with van der Waals surface area (Å²) in [6.45, 7) is 9.64. The van der Waals surface area contributed by atoms with Crippen LogP contribution in [0.2, 0.25) is 0 Å². The van der Waals surface area contributed by atoms with Crippen LogP contribution in [0.25, 0.3) is 0 Å². The fraction of sp³-hybridized carbons (Fsp3) is 0.688. The Bertz CT molecular complexity index is 452. The van der Waals surface area contributed by atoms with Crippen molar-refractivity contribution in [2.24, 2.45) is 0 Å². The second-order valence-corrected chi connectivity index (χ2v) is 6.72. The molecule has 0 aromatic carbocycles. The maximum Gasteiger partial charge on any atom is 0.133 e. The van der Waals surface area contributed by atoms with Gasteiger partial charge in [0.25, 0.3) is 0 Å². The number of anilines is 1. The first kappa shape index (κ1) is 16.7. The predicted octanol–water partition coefficient (Wildman–Crippen LogP) is 2.87. The van der Waals surface area contributed by atoms with Gasteiger partial charge in [0.1, 0.15) is 5.82 Å². The molecule has 1 aliphatic rings. The van der Waals surface area contributed by atoms with Crippen molar-refractivity contribution in [1.29, 1.82) is 0 Å². The molecule has 0 radical (unpaired) electrons. The Hall–Kier alpha value is -0.650. The van der Waals surface area contributed by atoms with Crippen molar-refractivity contribution in [3.8, 4) is 0 Å². The zero-order valence-electron chi connectivity index (χ0n) is 13.4. The van der Waals surface area contributed by atoms with E-state index in [-0.39, 0.29) is 0 Å². The Labute approximate surface area is 137 Å². The van der Waals surface area contributed by atoms with Crippen LogP contribution >= 0.6 is 15.9 Å². The molecule has 1 aliphatic heterocycles. The molecule has 5 heteroatoms. The lowest BCUT2D eigenvalue weighted by molar-refractivity contribution is 0.212. The summed E-state index contributed by atoms with van der Waals surface area (Å²) in [6.07, 6.45) is 4.26. The highest BCUT2D eigenvalue weighted by atomic mass is 79.9. The Morgan fingerprint density at radius 1 is 1.38 bits per heavy atom. The summed E-state index contributed by atoms with van der Waals surface area (Å²) in [6, 6.07) is 2.82. The first-order valence-electron chi connectivity index (χ1n) is 7.96. The molecule has 2 heterocycles. The summed E-state index contributed by atoms with van der Waals surface area (Å²) in [5.74, 6) is 1.15. The van der Waals surface area contributed by atoms with Crippen LogP contribution in [0.1, 0.15) is 32.3 Å². The Morgan fingerprint density at radius 3 is 2.90 bits per heavy atom. The van der Waals surface area contributed by atoms with E-state index in [9.17, 15) is 0 Å². The molecule has 2 rings (SSSR count). The predicted molar refractivity (Wildman–Crippen MR) is 92.9 cm³/mol. The van der Waals surface area contributed by atoms with Gasteiger partial charge in [0.2, 0.25) is 0 Å². The minimum absolute atomic E-state index is 0.626. The fourth-order valence-corrected chi connectivity index (χ4v) is 3.25. The van der Waals surface area contributed by atoms with Crippen molar-refractivity contribution in [3.63, 3.8) is 0 Å². The minimum Gasteiger partial charge on any atom is -0.353 e. The molecule has 4 nitrogen and oxygen atoms in total. The van der Waals surface area contributed by atoms with Gasteiger partial charge in [-0.3, -0.25) is 4.90 Å². The molecule has 1 fully saturated rings. The van der Waals surface area contributed by atoms with Crippen molar-refractivity contribution in [2.75, 3.05) is 38.1 Å². The number of hydrogen-bond acceptors (Lipinski definition) is 4. The van der Waals surface area contributed by atoms with Gasteiger partial charge in [-0.25, -0.2) is 4.98 Å². The van der Waals surface area contributed by atoms with Crippen molar-refractivity contribution in [3.05, 3.63) is 22.3 Å². The van der Waals surface area contributed by atoms with Gasteiger partial charge in [-0.05, 0) is 48.4 Å². The summed E-state index contributed by atoms with van der Waals surface area (Å²) < 4.78 is 1.06. The lowest BCUT2D eigenvalue weighted by Gasteiger charge is -2.40. The zero-order chi connectivity index (χ0) is 15.2. The Morgan fingerprint density at radius 2 is 2.19 bits per heavy atom. The van der Waals surface area contributed by atoms with E-state index in [4.69, 9.17) is 4.98 Å². The molecule has 1 aromatic rings. The summed E-state index contributed by atoms with van der Waals surface area (Å²) in [5, 5.41) is 3.49. The van der Waals surface area contributed by atoms with E-state index in [0.29, 0.717) is 6.04 Å². The van der Waals surface area contributed by atoms with E-state index in [1.165, 1.54) is 12.0 Å². The number of nitrogens with one attached hydrogen (secondary N) is 1. The molecular formula is C16H27BrN4. The Balaban J connectivity index is 2.14. The molecule has 21 heavy (non-hydrogen) atoms. The van der Waals surface area contributed by atoms with E-state index in [1.807, 2.05) is 6.20 Å². The molecule has 0 saturated carbocycles. The summed E-state index contributed by atoms with van der Waals surface area (Å²) >= 11 is 3.55. The van der Waals surface area contributed by atoms with Gasteiger partial charge in [-0.2, -0.15) is 0 Å². The lowest BCUT2D eigenvalue weighted by Crippen LogP contribution is -2.51. The Kier molecular flexibility index (Phi) is 6.45. The van der Waals surface area contributed by atoms with Gasteiger partial charge in [0.05, 0.1) is 0 Å². The number of likely N-dealkylation sites (N-methyl/N-ethyl adjacent to an activating group) is 1. The van der Waals surface area contributed by atoms with E-state index in [1.54, 1.807) is 0 Å². The van der Waals surface area contributed by atoms with Crippen LogP contribution in [0.4, 0.5) is 5.82 Å². The maximum absolute atomic E-state index is 4.69. The molecule has 1 unspecified atom stereocenters. The number of piperazine rings is 1. The molecular weight excluding hydrogens is 328 g/mol. The quantitative estimate of drug-likeness (QED) is 0.796. The molecule has 0 spiro atoms. The number of pyridine rings is 1. The fourth-order valence-electron chi connectivity index (χ4n) is 2.87. The highest BCUT2D eigenvalue weighted by Gasteiger charge is 2.25. The van der Waals surface area contributed by atoms with Crippen LogP contribution < -0.4 is 10.2 Å². The third-order valence-corrected chi connectivity index (χ3v) is 4.63. The number of nitrogens with zero attached hydrogens (tertiary/aromatic N) is 3. The molecule has 1 saturated heterocycles. The van der Waals surface area contributed by atoms with E-state index in [0.717, 1.165) is 49.4 Å². The highest BCUT2D eigenvalue weighted by Crippen LogP contribution is 2.24. The van der Waals surface area contributed by atoms with Crippen molar-refractivity contribution >= 4 is 21.7 Å². The molecule has 1 aromatic heterocycles. The second kappa shape index (κ2) is 8.11. The van der Waals surface area contributed by atoms with Gasteiger partial charge in [0, 0.05) is 48.5 Å². The van der Waals surface area contributed by atoms with Crippen molar-refractivity contribution in [2.45, 2.75) is 39.3 Å². The van der Waals surface area contributed by atoms with Crippen LogP contribution in [-0.2, 0) is 6.54 Å². The molecule has 0 bridgehead atoms. The SMILES string of the molecule is CCCNCc1cc(Br)cnc1N1CCN(C)C(CC)C1. The molecule has 118 valence electrons. The lowest BCUT2D eigenvalue weighted by atomic mass is 10.1. The average molecular weight is 355 g/mol. The van der Waals surface area contributed by atoms with Gasteiger partial charge in [-0.15, -0.1) is 0 Å². The normalized spacial score (nSPS) is 20.0. The number of aromatic nitrogens is 1. The highest BCUT2D eigenvalue weighted by molar-refractivity contribution is 9.10. The third kappa shape index (κ3) is 4.41. The van der Waals surface area contributed by atoms with Gasteiger partial charge in [0.15, 0.2) is 0 Å². The van der Waals surface area contributed by atoms with Gasteiger partial charge in [-0.1, -0.05) is 13.8 Å². The zero-order valence-corrected chi connectivity index (χ0v) is 15.0. The molecule has 0 amide bonds. The minimum atomic E-state index is 0.626. The maximum atomic E-state index is 4.69. The van der Waals surface area contributed by atoms with Gasteiger partial charge >= 0.3 is 0 Å². The second-order valence-electron chi connectivity index (χ2n) is 5.80. The summed E-state index contributed by atoms with van der Waals surface area (Å²) in [4.78, 5) is 9.61. The van der Waals surface area contributed by atoms with Crippen LogP contribution in [-0.4, -0.2) is 49.2 Å². The standard InChI is InChI=1S/C16H27BrN4/c1-4-6-18-10-13-9-14(17)11-19-16(13)21-8-7-20(3)15(5-2)12-21/h9,11,15,18H,4-8,10,12H2,1-3H3. The average Bonchev–Trinajstić information content (AvgIpc) is 2.48. The van der Waals surface area contributed by atoms with Crippen molar-refractivity contribution < 1.29 is 0 Å². The number of rotatable bonds is 6. The van der Waals surface area contributed by atoms with E-state index < -0.39 is 0 Å². The van der Waals surface area contributed by atoms with Crippen LogP contribution in [0.15, 0.2) is 16.7 Å². The molecule has 1 N–H and O–H groups in total. The molecule has 0 aliphatic carbocycles. The van der Waals surface area contributed by atoms with Crippen LogP contribution in [0.3, 0.4) is 0 Å². The molecule has 1 atom stereocenters. The number of halogens is 1. The topological polar surface area (TPSA) is 31.4 Å². The largest absolute Gasteiger partial charge is 0.353 e. The van der Waals surface area contributed by atoms with Crippen molar-refractivity contribution in [1.82, 2.24) is 15.2 Å². The van der Waals surface area contributed by atoms with E-state index >= 15 is 0 Å². The first-order valence-corrected chi connectivity index (χ1v) is 8.75. The number of hydrogen-bond donors (Lipinski definition) is 1. The van der Waals surface area contributed by atoms with Gasteiger partial charge < -0.3 is 10.2 Å². The smallest absolute Gasteiger partial charge is 0.133 e. The summed E-state index contributed by atoms with van der Waals surface area (Å²) in [5.41, 5.74) is 1.29. The van der Waals surface area contributed by atoms with E-state index in [2.05, 4.69) is 58.0 Å². The van der Waals surface area contributed by atoms with Crippen LogP contribution in [0, 0.1) is 0 Å². The third-order valence-electron chi connectivity index (χ3n) is 4.20. The first-order chi connectivity index (χ1) is 10.2.